The number of para-hydroxylation sites is 1. The van der Waals surface area contributed by atoms with Crippen LogP contribution >= 0.6 is 0 Å². The summed E-state index contributed by atoms with van der Waals surface area (Å²) in [4.78, 5) is 0. The van der Waals surface area contributed by atoms with Crippen molar-refractivity contribution in [1.82, 2.24) is 5.01 Å². The van der Waals surface area contributed by atoms with Gasteiger partial charge in [-0.15, -0.1) is 0 Å². The number of aromatic hydroxyl groups is 1. The Balaban J connectivity index is 1.79. The van der Waals surface area contributed by atoms with Crippen LogP contribution in [0.2, 0.25) is 0 Å². The minimum Gasteiger partial charge on any atom is -0.507 e. The molecule has 0 saturated heterocycles. The van der Waals surface area contributed by atoms with Crippen molar-refractivity contribution in [2.24, 2.45) is 5.10 Å². The van der Waals surface area contributed by atoms with Gasteiger partial charge in [-0.3, -0.25) is 0 Å². The maximum Gasteiger partial charge on any atom is 0.192 e. The first-order valence-corrected chi connectivity index (χ1v) is 8.54. The molecule has 0 saturated carbocycles. The number of methoxy groups -OCH3 is 2. The van der Waals surface area contributed by atoms with Crippen LogP contribution in [0.1, 0.15) is 37.4 Å². The van der Waals surface area contributed by atoms with E-state index in [4.69, 9.17) is 19.3 Å². The molecule has 1 atom stereocenters. The van der Waals surface area contributed by atoms with Gasteiger partial charge in [0.25, 0.3) is 0 Å². The van der Waals surface area contributed by atoms with Gasteiger partial charge < -0.3 is 19.3 Å². The monoisotopic (exact) mass is 354 g/mol. The Bertz CT molecular complexity index is 891. The molecule has 0 amide bonds. The summed E-state index contributed by atoms with van der Waals surface area (Å²) in [5.41, 5.74) is 1.88. The first-order chi connectivity index (χ1) is 12.4. The van der Waals surface area contributed by atoms with Gasteiger partial charge in [-0.05, 0) is 38.1 Å². The quantitative estimate of drug-likeness (QED) is 0.911. The van der Waals surface area contributed by atoms with Crippen LogP contribution in [0, 0.1) is 0 Å². The summed E-state index contributed by atoms with van der Waals surface area (Å²) in [5.74, 6) is 2.34. The van der Waals surface area contributed by atoms with Crippen LogP contribution in [-0.2, 0) is 0 Å². The number of hydrazone groups is 1. The fourth-order valence-corrected chi connectivity index (χ4v) is 3.65. The number of ether oxygens (including phenoxy) is 3. The van der Waals surface area contributed by atoms with Crippen LogP contribution in [0.5, 0.6) is 23.0 Å². The zero-order valence-corrected chi connectivity index (χ0v) is 15.3. The average Bonchev–Trinajstić information content (AvgIpc) is 3.08. The van der Waals surface area contributed by atoms with Crippen LogP contribution in [0.4, 0.5) is 0 Å². The molecular weight excluding hydrogens is 332 g/mol. The minimum atomic E-state index is -0.636. The van der Waals surface area contributed by atoms with Gasteiger partial charge in [-0.2, -0.15) is 5.10 Å². The molecule has 0 unspecified atom stereocenters. The molecule has 2 aromatic carbocycles. The summed E-state index contributed by atoms with van der Waals surface area (Å²) in [6, 6.07) is 11.1. The number of hydrogen-bond donors (Lipinski definition) is 1. The van der Waals surface area contributed by atoms with Crippen LogP contribution < -0.4 is 14.2 Å². The van der Waals surface area contributed by atoms with E-state index in [1.54, 1.807) is 26.4 Å². The van der Waals surface area contributed by atoms with Crippen molar-refractivity contribution < 1.29 is 19.3 Å². The number of hydrogen-bond acceptors (Lipinski definition) is 6. The van der Waals surface area contributed by atoms with Crippen LogP contribution in [0.25, 0.3) is 0 Å². The molecule has 2 aliphatic rings. The van der Waals surface area contributed by atoms with Crippen LogP contribution in [0.3, 0.4) is 0 Å². The lowest BCUT2D eigenvalue weighted by atomic mass is 9.94. The first-order valence-electron chi connectivity index (χ1n) is 8.54. The highest BCUT2D eigenvalue weighted by Gasteiger charge is 2.46. The fraction of sp³-hybridized carbons (Fsp3) is 0.350. The highest BCUT2D eigenvalue weighted by atomic mass is 16.5. The number of benzene rings is 2. The molecule has 26 heavy (non-hydrogen) atoms. The second kappa shape index (κ2) is 5.83. The summed E-state index contributed by atoms with van der Waals surface area (Å²) in [7, 11) is 3.25. The summed E-state index contributed by atoms with van der Waals surface area (Å²) >= 11 is 0. The predicted molar refractivity (Wildman–Crippen MR) is 98.1 cm³/mol. The smallest absolute Gasteiger partial charge is 0.192 e. The van der Waals surface area contributed by atoms with Gasteiger partial charge in [0.2, 0.25) is 0 Å². The highest BCUT2D eigenvalue weighted by Crippen LogP contribution is 2.50. The van der Waals surface area contributed by atoms with E-state index in [0.29, 0.717) is 23.5 Å². The zero-order valence-electron chi connectivity index (χ0n) is 15.3. The van der Waals surface area contributed by atoms with Gasteiger partial charge in [0.1, 0.15) is 11.5 Å². The maximum atomic E-state index is 10.3. The van der Waals surface area contributed by atoms with Crippen molar-refractivity contribution in [3.05, 3.63) is 47.5 Å². The number of fused-ring (bicyclic) bond motifs is 3. The molecule has 6 nitrogen and oxygen atoms in total. The molecule has 0 radical (unpaired) electrons. The van der Waals surface area contributed by atoms with Gasteiger partial charge in [-0.1, -0.05) is 12.1 Å². The van der Waals surface area contributed by atoms with Crippen LogP contribution in [0.15, 0.2) is 41.5 Å². The van der Waals surface area contributed by atoms with Gasteiger partial charge >= 0.3 is 0 Å². The molecule has 4 rings (SSSR count). The molecule has 0 aromatic heterocycles. The van der Waals surface area contributed by atoms with Crippen molar-refractivity contribution in [3.63, 3.8) is 0 Å². The molecule has 136 valence electrons. The molecule has 0 spiro atoms. The SMILES string of the molecule is COc1ccc(O)c(C2=NN3[C@@H](C2)c2cccc(OC)c2OC3(C)C)c1. The molecule has 6 heteroatoms. The highest BCUT2D eigenvalue weighted by molar-refractivity contribution is 6.04. The van der Waals surface area contributed by atoms with Crippen molar-refractivity contribution in [2.45, 2.75) is 32.0 Å². The van der Waals surface area contributed by atoms with Gasteiger partial charge in [0, 0.05) is 17.5 Å². The second-order valence-corrected chi connectivity index (χ2v) is 6.92. The van der Waals surface area contributed by atoms with Gasteiger partial charge in [0.15, 0.2) is 17.2 Å². The van der Waals surface area contributed by atoms with Crippen molar-refractivity contribution >= 4 is 5.71 Å². The molecular formula is C20H22N2O4. The summed E-state index contributed by atoms with van der Waals surface area (Å²) in [6.45, 7) is 3.96. The standard InChI is InChI=1S/C20H22N2O4/c1-20(2)22-16(13-6-5-7-18(25-4)19(13)26-20)11-15(21-22)14-10-12(24-3)8-9-17(14)23/h5-10,16,23H,11H2,1-4H3/t16-/m0/s1. The van der Waals surface area contributed by atoms with Crippen molar-refractivity contribution in [3.8, 4) is 23.0 Å². The molecule has 2 aliphatic heterocycles. The molecule has 2 aromatic rings. The number of phenolic OH excluding ortho intramolecular Hbond substituents is 1. The molecule has 1 N–H and O–H groups in total. The van der Waals surface area contributed by atoms with E-state index in [2.05, 4.69) is 0 Å². The largest absolute Gasteiger partial charge is 0.507 e. The van der Waals surface area contributed by atoms with E-state index < -0.39 is 5.72 Å². The van der Waals surface area contributed by atoms with E-state index in [-0.39, 0.29) is 11.8 Å². The third-order valence-electron chi connectivity index (χ3n) is 4.92. The molecule has 0 fully saturated rings. The Morgan fingerprint density at radius 2 is 2.00 bits per heavy atom. The lowest BCUT2D eigenvalue weighted by Crippen LogP contribution is -2.48. The summed E-state index contributed by atoms with van der Waals surface area (Å²) < 4.78 is 17.0. The maximum absolute atomic E-state index is 10.3. The fourth-order valence-electron chi connectivity index (χ4n) is 3.65. The first kappa shape index (κ1) is 16.6. The van der Waals surface area contributed by atoms with E-state index in [1.165, 1.54) is 0 Å². The molecule has 2 heterocycles. The topological polar surface area (TPSA) is 63.5 Å². The lowest BCUT2D eigenvalue weighted by molar-refractivity contribution is -0.0924. The van der Waals surface area contributed by atoms with Gasteiger partial charge in [-0.25, -0.2) is 5.01 Å². The van der Waals surface area contributed by atoms with Crippen molar-refractivity contribution in [1.29, 1.82) is 0 Å². The Labute approximate surface area is 152 Å². The third-order valence-corrected chi connectivity index (χ3v) is 4.92. The third kappa shape index (κ3) is 2.44. The number of rotatable bonds is 3. The van der Waals surface area contributed by atoms with Crippen molar-refractivity contribution in [2.75, 3.05) is 14.2 Å². The van der Waals surface area contributed by atoms with E-state index in [9.17, 15) is 5.11 Å². The Kier molecular flexibility index (Phi) is 3.72. The van der Waals surface area contributed by atoms with E-state index in [0.717, 1.165) is 17.0 Å². The second-order valence-electron chi connectivity index (χ2n) is 6.92. The Morgan fingerprint density at radius 3 is 2.73 bits per heavy atom. The van der Waals surface area contributed by atoms with Crippen LogP contribution in [-0.4, -0.2) is 35.8 Å². The van der Waals surface area contributed by atoms with E-state index >= 15 is 0 Å². The number of nitrogens with zero attached hydrogens (tertiary/aromatic N) is 2. The number of phenols is 1. The van der Waals surface area contributed by atoms with E-state index in [1.807, 2.05) is 43.1 Å². The minimum absolute atomic E-state index is 0.0180. The van der Waals surface area contributed by atoms with Gasteiger partial charge in [0.05, 0.1) is 26.0 Å². The zero-order chi connectivity index (χ0) is 18.5. The molecule has 0 aliphatic carbocycles. The summed E-state index contributed by atoms with van der Waals surface area (Å²) in [5, 5.41) is 17.1. The average molecular weight is 354 g/mol. The molecule has 0 bridgehead atoms. The predicted octanol–water partition coefficient (Wildman–Crippen LogP) is 3.69. The summed E-state index contributed by atoms with van der Waals surface area (Å²) in [6.07, 6.45) is 0.660. The lowest BCUT2D eigenvalue weighted by Gasteiger charge is -2.43. The normalized spacial score (nSPS) is 19.9. The Morgan fingerprint density at radius 1 is 1.19 bits per heavy atom. The Hall–Kier alpha value is -2.89.